The molecule has 3 heterocycles. The molecule has 0 unspecified atom stereocenters. The Labute approximate surface area is 196 Å². The van der Waals surface area contributed by atoms with Gasteiger partial charge in [0.1, 0.15) is 5.82 Å². The average Bonchev–Trinajstić information content (AvgIpc) is 3.51. The highest BCUT2D eigenvalue weighted by Crippen LogP contribution is 2.31. The Morgan fingerprint density at radius 2 is 1.62 bits per heavy atom. The van der Waals surface area contributed by atoms with Crippen molar-refractivity contribution in [3.63, 3.8) is 0 Å². The molecule has 0 aliphatic carbocycles. The summed E-state index contributed by atoms with van der Waals surface area (Å²) in [7, 11) is 0. The molecule has 0 bridgehead atoms. The van der Waals surface area contributed by atoms with Crippen molar-refractivity contribution in [1.29, 1.82) is 0 Å². The first-order chi connectivity index (χ1) is 16.6. The summed E-state index contributed by atoms with van der Waals surface area (Å²) < 4.78 is 15.8. The van der Waals surface area contributed by atoms with Gasteiger partial charge in [-0.1, -0.05) is 36.4 Å². The van der Waals surface area contributed by atoms with Crippen molar-refractivity contribution in [1.82, 2.24) is 29.7 Å². The van der Waals surface area contributed by atoms with Crippen LogP contribution in [0.3, 0.4) is 0 Å². The number of nitrogen functional groups attached to an aromatic ring is 2. The van der Waals surface area contributed by atoms with Crippen LogP contribution in [0.1, 0.15) is 5.56 Å². The summed E-state index contributed by atoms with van der Waals surface area (Å²) in [5.74, 6) is 0.446. The van der Waals surface area contributed by atoms with Gasteiger partial charge in [-0.15, -0.1) is 21.5 Å². The normalized spacial score (nSPS) is 11.3. The zero-order valence-electron chi connectivity index (χ0n) is 17.6. The largest absolute Gasteiger partial charge is 0.382 e. The SMILES string of the molecule is Nc1nc(-c2nc(-c3nccs3)n(Cc3ccccc3F)n2)nc(N)c1/N=N/c1ccccc1. The van der Waals surface area contributed by atoms with Crippen molar-refractivity contribution >= 4 is 34.3 Å². The Kier molecular flexibility index (Phi) is 5.70. The van der Waals surface area contributed by atoms with E-state index in [9.17, 15) is 4.39 Å². The van der Waals surface area contributed by atoms with Crippen LogP contribution < -0.4 is 11.5 Å². The minimum atomic E-state index is -0.345. The van der Waals surface area contributed by atoms with Crippen molar-refractivity contribution < 1.29 is 4.39 Å². The highest BCUT2D eigenvalue weighted by molar-refractivity contribution is 7.13. The van der Waals surface area contributed by atoms with Crippen molar-refractivity contribution in [2.24, 2.45) is 10.2 Å². The summed E-state index contributed by atoms with van der Waals surface area (Å²) in [5, 5.41) is 15.1. The molecular weight excluding hydrogens is 455 g/mol. The molecule has 2 aromatic carbocycles. The molecule has 3 aromatic heterocycles. The first-order valence-corrected chi connectivity index (χ1v) is 10.9. The van der Waals surface area contributed by atoms with E-state index in [0.717, 1.165) is 0 Å². The van der Waals surface area contributed by atoms with Gasteiger partial charge in [0.05, 0.1) is 12.2 Å². The van der Waals surface area contributed by atoms with Crippen molar-refractivity contribution in [2.75, 3.05) is 11.5 Å². The lowest BCUT2D eigenvalue weighted by molar-refractivity contribution is 0.587. The summed E-state index contributed by atoms with van der Waals surface area (Å²) in [6.07, 6.45) is 1.65. The van der Waals surface area contributed by atoms with Crippen molar-refractivity contribution in [2.45, 2.75) is 6.54 Å². The van der Waals surface area contributed by atoms with Gasteiger partial charge in [0, 0.05) is 17.1 Å². The Morgan fingerprint density at radius 3 is 2.32 bits per heavy atom. The summed E-state index contributed by atoms with van der Waals surface area (Å²) in [6, 6.07) is 15.6. The first kappa shape index (κ1) is 21.3. The maximum absolute atomic E-state index is 14.3. The van der Waals surface area contributed by atoms with Crippen LogP contribution in [0, 0.1) is 5.82 Å². The number of hydrogen-bond acceptors (Lipinski definition) is 10. The number of aromatic nitrogens is 6. The summed E-state index contributed by atoms with van der Waals surface area (Å²) in [5.41, 5.74) is 13.4. The lowest BCUT2D eigenvalue weighted by Gasteiger charge is -2.05. The lowest BCUT2D eigenvalue weighted by atomic mass is 10.2. The molecule has 0 fully saturated rings. The molecule has 5 rings (SSSR count). The molecule has 5 aromatic rings. The van der Waals surface area contributed by atoms with Crippen LogP contribution in [-0.4, -0.2) is 29.7 Å². The van der Waals surface area contributed by atoms with Gasteiger partial charge in [-0.3, -0.25) is 0 Å². The van der Waals surface area contributed by atoms with Gasteiger partial charge in [-0.05, 0) is 18.2 Å². The molecule has 0 aliphatic rings. The predicted molar refractivity (Wildman–Crippen MR) is 127 cm³/mol. The number of rotatable bonds is 6. The highest BCUT2D eigenvalue weighted by atomic mass is 32.1. The van der Waals surface area contributed by atoms with Gasteiger partial charge in [-0.25, -0.2) is 29.0 Å². The Bertz CT molecular complexity index is 1440. The van der Waals surface area contributed by atoms with Crippen LogP contribution in [0.4, 0.5) is 27.4 Å². The number of thiazole rings is 1. The van der Waals surface area contributed by atoms with E-state index >= 15 is 0 Å². The molecule has 0 saturated heterocycles. The fourth-order valence-corrected chi connectivity index (χ4v) is 3.75. The van der Waals surface area contributed by atoms with Gasteiger partial charge in [0.25, 0.3) is 0 Å². The molecule has 4 N–H and O–H groups in total. The molecular formula is C22H17FN10S. The van der Waals surface area contributed by atoms with Crippen LogP contribution >= 0.6 is 11.3 Å². The number of hydrogen-bond donors (Lipinski definition) is 2. The van der Waals surface area contributed by atoms with Crippen molar-refractivity contribution in [3.8, 4) is 22.5 Å². The van der Waals surface area contributed by atoms with Gasteiger partial charge in [0.15, 0.2) is 28.2 Å². The standard InChI is InChI=1S/C22H17FN10S/c23-15-9-5-4-6-13(15)12-33-21(22-26-10-11-34-22)29-20(32-33)19-27-17(24)16(18(25)28-19)31-30-14-7-2-1-3-8-14/h1-11H,12H2,(H4,24,25,27,28)/b31-30+. The second kappa shape index (κ2) is 9.11. The lowest BCUT2D eigenvalue weighted by Crippen LogP contribution is -2.06. The summed E-state index contributed by atoms with van der Waals surface area (Å²) in [4.78, 5) is 17.4. The fourth-order valence-electron chi connectivity index (χ4n) is 3.12. The number of halogens is 1. The van der Waals surface area contributed by atoms with Gasteiger partial charge >= 0.3 is 0 Å². The minimum absolute atomic E-state index is 0.0310. The first-order valence-electron chi connectivity index (χ1n) is 10.1. The Balaban J connectivity index is 1.52. The third-order valence-electron chi connectivity index (χ3n) is 4.73. The average molecular weight is 473 g/mol. The van der Waals surface area contributed by atoms with E-state index in [1.54, 1.807) is 41.2 Å². The number of azo groups is 1. The summed E-state index contributed by atoms with van der Waals surface area (Å²) >= 11 is 1.38. The van der Waals surface area contributed by atoms with E-state index in [1.165, 1.54) is 17.4 Å². The Morgan fingerprint density at radius 1 is 0.882 bits per heavy atom. The molecule has 0 radical (unpaired) electrons. The fraction of sp³-hybridized carbons (Fsp3) is 0.0455. The molecule has 168 valence electrons. The minimum Gasteiger partial charge on any atom is -0.382 e. The van der Waals surface area contributed by atoms with Gasteiger partial charge in [0.2, 0.25) is 11.6 Å². The molecule has 10 nitrogen and oxygen atoms in total. The van der Waals surface area contributed by atoms with Crippen LogP contribution in [0.25, 0.3) is 22.5 Å². The topological polar surface area (TPSA) is 146 Å². The van der Waals surface area contributed by atoms with Crippen LogP contribution in [-0.2, 0) is 6.54 Å². The van der Waals surface area contributed by atoms with E-state index in [4.69, 9.17) is 11.5 Å². The molecule has 0 aliphatic heterocycles. The van der Waals surface area contributed by atoms with Crippen LogP contribution in [0.15, 0.2) is 76.4 Å². The smallest absolute Gasteiger partial charge is 0.219 e. The van der Waals surface area contributed by atoms with E-state index < -0.39 is 0 Å². The molecule has 34 heavy (non-hydrogen) atoms. The molecule has 0 spiro atoms. The third-order valence-corrected chi connectivity index (χ3v) is 5.50. The van der Waals surface area contributed by atoms with Crippen LogP contribution in [0.5, 0.6) is 0 Å². The molecule has 0 atom stereocenters. The number of nitrogens with two attached hydrogens (primary N) is 2. The quantitative estimate of drug-likeness (QED) is 0.343. The number of benzene rings is 2. The second-order valence-corrected chi connectivity index (χ2v) is 7.94. The monoisotopic (exact) mass is 472 g/mol. The zero-order chi connectivity index (χ0) is 23.5. The molecule has 0 saturated carbocycles. The van der Waals surface area contributed by atoms with E-state index in [2.05, 4.69) is 35.3 Å². The van der Waals surface area contributed by atoms with Gasteiger partial charge in [-0.2, -0.15) is 5.11 Å². The van der Waals surface area contributed by atoms with E-state index in [1.807, 2.05) is 23.6 Å². The van der Waals surface area contributed by atoms with Crippen molar-refractivity contribution in [3.05, 3.63) is 77.6 Å². The third kappa shape index (κ3) is 4.34. The highest BCUT2D eigenvalue weighted by Gasteiger charge is 2.20. The van der Waals surface area contributed by atoms with E-state index in [-0.39, 0.29) is 41.3 Å². The van der Waals surface area contributed by atoms with Gasteiger partial charge < -0.3 is 11.5 Å². The van der Waals surface area contributed by atoms with Crippen LogP contribution in [0.2, 0.25) is 0 Å². The predicted octanol–water partition coefficient (Wildman–Crippen LogP) is 4.63. The number of nitrogens with zero attached hydrogens (tertiary/aromatic N) is 8. The second-order valence-electron chi connectivity index (χ2n) is 7.05. The summed E-state index contributed by atoms with van der Waals surface area (Å²) in [6.45, 7) is 0.142. The molecule has 12 heteroatoms. The Hall–Kier alpha value is -4.58. The zero-order valence-corrected chi connectivity index (χ0v) is 18.4. The molecule has 0 amide bonds. The maximum atomic E-state index is 14.3. The van der Waals surface area contributed by atoms with E-state index in [0.29, 0.717) is 22.1 Å². The number of anilines is 2. The maximum Gasteiger partial charge on any atom is 0.219 e.